The highest BCUT2D eigenvalue weighted by molar-refractivity contribution is 6.07. The number of aromatic amines is 1. The Morgan fingerprint density at radius 1 is 0.935 bits per heavy atom. The second kappa shape index (κ2) is 7.65. The summed E-state index contributed by atoms with van der Waals surface area (Å²) in [6.45, 7) is 0.197. The van der Waals surface area contributed by atoms with Gasteiger partial charge in [-0.25, -0.2) is 9.78 Å². The Morgan fingerprint density at radius 2 is 1.71 bits per heavy atom. The largest absolute Gasteiger partial charge is 0.325 e. The van der Waals surface area contributed by atoms with Crippen LogP contribution in [0.2, 0.25) is 0 Å². The Morgan fingerprint density at radius 3 is 2.48 bits per heavy atom. The van der Waals surface area contributed by atoms with Crippen molar-refractivity contribution in [3.8, 4) is 11.1 Å². The maximum atomic E-state index is 12.9. The first-order valence-electron chi connectivity index (χ1n) is 10.8. The predicted molar refractivity (Wildman–Crippen MR) is 118 cm³/mol. The normalized spacial score (nSPS) is 18.0. The van der Waals surface area contributed by atoms with E-state index < -0.39 is 5.54 Å². The van der Waals surface area contributed by atoms with E-state index in [0.717, 1.165) is 30.4 Å². The van der Waals surface area contributed by atoms with Crippen LogP contribution < -0.4 is 10.9 Å². The van der Waals surface area contributed by atoms with Gasteiger partial charge in [0, 0.05) is 13.0 Å². The third-order valence-corrected chi connectivity index (χ3v) is 6.39. The fraction of sp³-hybridized carbons (Fsp3) is 0.333. The number of hydrogen-bond donors (Lipinski definition) is 2. The Kier molecular flexibility index (Phi) is 4.81. The zero-order valence-electron chi connectivity index (χ0n) is 17.2. The minimum absolute atomic E-state index is 0.146. The number of hydrogen-bond acceptors (Lipinski definition) is 4. The molecule has 1 aliphatic carbocycles. The maximum absolute atomic E-state index is 12.9. The van der Waals surface area contributed by atoms with Gasteiger partial charge in [-0.15, -0.1) is 0 Å². The van der Waals surface area contributed by atoms with Crippen molar-refractivity contribution < 1.29 is 9.59 Å². The van der Waals surface area contributed by atoms with Gasteiger partial charge in [0.2, 0.25) is 0 Å². The Labute approximate surface area is 179 Å². The van der Waals surface area contributed by atoms with E-state index in [1.165, 1.54) is 4.90 Å². The number of amides is 3. The molecule has 2 aromatic carbocycles. The summed E-state index contributed by atoms with van der Waals surface area (Å²) in [5.74, 6) is 0.322. The molecule has 1 spiro atoms. The molecule has 0 bridgehead atoms. The van der Waals surface area contributed by atoms with E-state index in [2.05, 4.69) is 15.3 Å². The predicted octanol–water partition coefficient (Wildman–Crippen LogP) is 3.39. The summed E-state index contributed by atoms with van der Waals surface area (Å²) in [6, 6.07) is 15.1. The average Bonchev–Trinajstić information content (AvgIpc) is 3.02. The number of urea groups is 1. The molecule has 2 heterocycles. The van der Waals surface area contributed by atoms with E-state index in [1.54, 1.807) is 0 Å². The number of aromatic nitrogens is 2. The van der Waals surface area contributed by atoms with Crippen molar-refractivity contribution in [2.24, 2.45) is 0 Å². The smallest absolute Gasteiger partial charge is 0.323 e. The third kappa shape index (κ3) is 3.50. The van der Waals surface area contributed by atoms with Crippen LogP contribution in [0.15, 0.2) is 53.3 Å². The second-order valence-electron chi connectivity index (χ2n) is 8.39. The van der Waals surface area contributed by atoms with Crippen molar-refractivity contribution in [3.63, 3.8) is 0 Å². The third-order valence-electron chi connectivity index (χ3n) is 6.39. The fourth-order valence-electron chi connectivity index (χ4n) is 4.71. The van der Waals surface area contributed by atoms with Crippen LogP contribution in [0.1, 0.15) is 37.9 Å². The first-order valence-corrected chi connectivity index (χ1v) is 10.8. The summed E-state index contributed by atoms with van der Waals surface area (Å²) in [4.78, 5) is 46.7. The monoisotopic (exact) mass is 416 g/mol. The van der Waals surface area contributed by atoms with E-state index in [-0.39, 0.29) is 24.0 Å². The molecule has 1 saturated heterocycles. The number of H-pyrrole nitrogens is 1. The molecule has 2 N–H and O–H groups in total. The van der Waals surface area contributed by atoms with Gasteiger partial charge < -0.3 is 10.3 Å². The highest BCUT2D eigenvalue weighted by Crippen LogP contribution is 2.33. The van der Waals surface area contributed by atoms with E-state index in [9.17, 15) is 14.4 Å². The number of nitrogens with one attached hydrogen (secondary N) is 2. The van der Waals surface area contributed by atoms with Crippen LogP contribution in [0.3, 0.4) is 0 Å². The lowest BCUT2D eigenvalue weighted by Crippen LogP contribution is -2.48. The summed E-state index contributed by atoms with van der Waals surface area (Å²) >= 11 is 0. The van der Waals surface area contributed by atoms with Gasteiger partial charge in [0.25, 0.3) is 11.5 Å². The highest BCUT2D eigenvalue weighted by Gasteiger charge is 2.50. The van der Waals surface area contributed by atoms with Crippen LogP contribution >= 0.6 is 0 Å². The molecule has 2 fully saturated rings. The van der Waals surface area contributed by atoms with Crippen molar-refractivity contribution in [1.82, 2.24) is 20.2 Å². The van der Waals surface area contributed by atoms with Crippen molar-refractivity contribution in [1.29, 1.82) is 0 Å². The number of fused-ring (bicyclic) bond motifs is 1. The Bertz CT molecular complexity index is 1210. The zero-order valence-corrected chi connectivity index (χ0v) is 17.2. The number of carbonyl (C=O) groups excluding carboxylic acids is 2. The molecule has 2 aliphatic rings. The van der Waals surface area contributed by atoms with Gasteiger partial charge in [0.05, 0.1) is 10.9 Å². The van der Waals surface area contributed by atoms with E-state index in [0.29, 0.717) is 36.0 Å². The standard InChI is InChI=1S/C24H24N4O3/c29-21-18-15-17(16-7-3-1-4-8-16)9-10-19(18)25-20(26-21)11-14-28-22(30)24(27-23(28)31)12-5-2-6-13-24/h1,3-4,7-10,15H,2,5-6,11-14H2,(H,27,31)(H,25,26,29). The molecule has 31 heavy (non-hydrogen) atoms. The molecule has 3 amide bonds. The Hall–Kier alpha value is -3.48. The van der Waals surface area contributed by atoms with E-state index in [1.807, 2.05) is 48.5 Å². The lowest BCUT2D eigenvalue weighted by atomic mass is 9.82. The molecule has 0 radical (unpaired) electrons. The van der Waals surface area contributed by atoms with Gasteiger partial charge in [-0.1, -0.05) is 55.7 Å². The minimum atomic E-state index is -0.729. The van der Waals surface area contributed by atoms with Crippen LogP contribution in [-0.2, 0) is 11.2 Å². The molecule has 0 unspecified atom stereocenters. The topological polar surface area (TPSA) is 95.2 Å². The van der Waals surface area contributed by atoms with Gasteiger partial charge in [0.1, 0.15) is 11.4 Å². The van der Waals surface area contributed by atoms with Crippen molar-refractivity contribution >= 4 is 22.8 Å². The average molecular weight is 416 g/mol. The fourth-order valence-corrected chi connectivity index (χ4v) is 4.71. The van der Waals surface area contributed by atoms with Crippen LogP contribution in [0.5, 0.6) is 0 Å². The minimum Gasteiger partial charge on any atom is -0.323 e. The van der Waals surface area contributed by atoms with Crippen LogP contribution in [0.4, 0.5) is 4.79 Å². The molecule has 1 saturated carbocycles. The molecule has 0 atom stereocenters. The summed E-state index contributed by atoms with van der Waals surface area (Å²) in [5, 5.41) is 3.43. The van der Waals surface area contributed by atoms with Crippen LogP contribution in [0.25, 0.3) is 22.0 Å². The van der Waals surface area contributed by atoms with E-state index in [4.69, 9.17) is 0 Å². The molecule has 7 heteroatoms. The van der Waals surface area contributed by atoms with Gasteiger partial charge in [-0.2, -0.15) is 0 Å². The number of nitrogens with zero attached hydrogens (tertiary/aromatic N) is 2. The second-order valence-corrected chi connectivity index (χ2v) is 8.39. The number of imide groups is 1. The molecular formula is C24H24N4O3. The molecule has 1 aromatic heterocycles. The lowest BCUT2D eigenvalue weighted by Gasteiger charge is -2.30. The molecule has 3 aromatic rings. The van der Waals surface area contributed by atoms with Crippen molar-refractivity contribution in [3.05, 3.63) is 64.7 Å². The van der Waals surface area contributed by atoms with E-state index >= 15 is 0 Å². The summed E-state index contributed by atoms with van der Waals surface area (Å²) < 4.78 is 0. The Balaban J connectivity index is 1.36. The summed E-state index contributed by atoms with van der Waals surface area (Å²) in [5.41, 5.74) is 1.62. The summed E-state index contributed by atoms with van der Waals surface area (Å²) in [6.07, 6.45) is 4.69. The van der Waals surface area contributed by atoms with Crippen molar-refractivity contribution in [2.75, 3.05) is 6.54 Å². The zero-order chi connectivity index (χ0) is 21.4. The summed E-state index contributed by atoms with van der Waals surface area (Å²) in [7, 11) is 0. The van der Waals surface area contributed by atoms with Crippen LogP contribution in [0, 0.1) is 0 Å². The first-order chi connectivity index (χ1) is 15.1. The highest BCUT2D eigenvalue weighted by atomic mass is 16.2. The number of carbonyl (C=O) groups is 2. The molecular weight excluding hydrogens is 392 g/mol. The quantitative estimate of drug-likeness (QED) is 0.638. The molecule has 7 nitrogen and oxygen atoms in total. The SMILES string of the molecule is O=C1NC2(CCCCC2)C(=O)N1CCc1nc2ccc(-c3ccccc3)cc2c(=O)[nH]1. The lowest BCUT2D eigenvalue weighted by molar-refractivity contribution is -0.132. The number of rotatable bonds is 4. The maximum Gasteiger partial charge on any atom is 0.325 e. The molecule has 5 rings (SSSR count). The van der Waals surface area contributed by atoms with Gasteiger partial charge in [0.15, 0.2) is 0 Å². The van der Waals surface area contributed by atoms with Crippen LogP contribution in [-0.4, -0.2) is 38.9 Å². The molecule has 1 aliphatic heterocycles. The van der Waals surface area contributed by atoms with Gasteiger partial charge in [-0.05, 0) is 36.1 Å². The van der Waals surface area contributed by atoms with Crippen molar-refractivity contribution in [2.45, 2.75) is 44.1 Å². The van der Waals surface area contributed by atoms with Gasteiger partial charge in [-0.3, -0.25) is 14.5 Å². The number of benzene rings is 2. The van der Waals surface area contributed by atoms with Gasteiger partial charge >= 0.3 is 6.03 Å². The first kappa shape index (κ1) is 19.5. The molecule has 158 valence electrons.